The molecule has 0 saturated carbocycles. The summed E-state index contributed by atoms with van der Waals surface area (Å²) in [6.45, 7) is 6.17. The van der Waals surface area contributed by atoms with Crippen molar-refractivity contribution >= 4 is 11.7 Å². The average Bonchev–Trinajstić information content (AvgIpc) is 2.96. The molecule has 25 heavy (non-hydrogen) atoms. The van der Waals surface area contributed by atoms with Crippen LogP contribution in [0.2, 0.25) is 0 Å². The topological polar surface area (TPSA) is 77.8 Å². The van der Waals surface area contributed by atoms with Crippen molar-refractivity contribution in [3.63, 3.8) is 0 Å². The van der Waals surface area contributed by atoms with Gasteiger partial charge in [-0.1, -0.05) is 26.0 Å². The van der Waals surface area contributed by atoms with Crippen molar-refractivity contribution in [3.8, 4) is 11.5 Å². The predicted octanol–water partition coefficient (Wildman–Crippen LogP) is 3.58. The van der Waals surface area contributed by atoms with E-state index < -0.39 is 0 Å². The van der Waals surface area contributed by atoms with Crippen LogP contribution in [0.15, 0.2) is 30.3 Å². The van der Waals surface area contributed by atoms with Gasteiger partial charge < -0.3 is 15.1 Å². The van der Waals surface area contributed by atoms with E-state index in [-0.39, 0.29) is 34.7 Å². The normalized spacial score (nSPS) is 13.2. The van der Waals surface area contributed by atoms with Crippen LogP contribution in [0.3, 0.4) is 0 Å². The Kier molecular flexibility index (Phi) is 4.25. The Morgan fingerprint density at radius 2 is 1.68 bits per heavy atom. The molecule has 0 bridgehead atoms. The molecule has 2 N–H and O–H groups in total. The number of carbonyl (C=O) groups is 2. The summed E-state index contributed by atoms with van der Waals surface area (Å²) in [5.74, 6) is -0.515. The van der Waals surface area contributed by atoms with Crippen LogP contribution in [0.5, 0.6) is 11.5 Å². The van der Waals surface area contributed by atoms with E-state index in [0.29, 0.717) is 24.2 Å². The minimum Gasteiger partial charge on any atom is -0.508 e. The molecule has 0 aliphatic carbocycles. The van der Waals surface area contributed by atoms with Gasteiger partial charge in [-0.3, -0.25) is 9.59 Å². The van der Waals surface area contributed by atoms with Crippen molar-refractivity contribution < 1.29 is 19.8 Å². The Hall–Kier alpha value is -2.82. The first-order chi connectivity index (χ1) is 11.8. The van der Waals surface area contributed by atoms with Gasteiger partial charge in [0.25, 0.3) is 5.91 Å². The van der Waals surface area contributed by atoms with Gasteiger partial charge in [0.05, 0.1) is 5.56 Å². The second-order valence-corrected chi connectivity index (χ2v) is 6.78. The maximum atomic E-state index is 12.9. The van der Waals surface area contributed by atoms with Gasteiger partial charge in [0.15, 0.2) is 5.78 Å². The molecule has 1 amide bonds. The molecule has 2 aromatic carbocycles. The lowest BCUT2D eigenvalue weighted by atomic mass is 9.98. The smallest absolute Gasteiger partial charge is 0.258 e. The maximum Gasteiger partial charge on any atom is 0.258 e. The van der Waals surface area contributed by atoms with Gasteiger partial charge in [-0.25, -0.2) is 0 Å². The average molecular weight is 339 g/mol. The summed E-state index contributed by atoms with van der Waals surface area (Å²) in [5, 5.41) is 20.1. The molecule has 1 aliphatic heterocycles. The summed E-state index contributed by atoms with van der Waals surface area (Å²) >= 11 is 0. The zero-order valence-corrected chi connectivity index (χ0v) is 14.5. The monoisotopic (exact) mass is 339 g/mol. The zero-order valence-electron chi connectivity index (χ0n) is 14.5. The fourth-order valence-corrected chi connectivity index (χ4v) is 3.16. The van der Waals surface area contributed by atoms with Gasteiger partial charge in [0, 0.05) is 24.7 Å². The van der Waals surface area contributed by atoms with Crippen molar-refractivity contribution in [1.29, 1.82) is 0 Å². The number of hydrogen-bond acceptors (Lipinski definition) is 4. The molecule has 2 aromatic rings. The number of aromatic hydroxyl groups is 2. The third kappa shape index (κ3) is 3.09. The van der Waals surface area contributed by atoms with Crippen molar-refractivity contribution in [1.82, 2.24) is 4.90 Å². The van der Waals surface area contributed by atoms with Crippen molar-refractivity contribution in [2.75, 3.05) is 0 Å². The van der Waals surface area contributed by atoms with Crippen LogP contribution in [0.25, 0.3) is 0 Å². The number of fused-ring (bicyclic) bond motifs is 1. The third-order valence-electron chi connectivity index (χ3n) is 4.62. The van der Waals surface area contributed by atoms with Crippen molar-refractivity contribution in [2.45, 2.75) is 39.8 Å². The number of rotatable bonds is 3. The number of Topliss-reactive ketones (excluding diaryl/α,β-unsaturated/α-hetero) is 1. The van der Waals surface area contributed by atoms with Crippen LogP contribution < -0.4 is 0 Å². The summed E-state index contributed by atoms with van der Waals surface area (Å²) in [6.07, 6.45) is 0. The molecular formula is C20H21NO4. The van der Waals surface area contributed by atoms with Crippen LogP contribution >= 0.6 is 0 Å². The number of hydrogen-bond donors (Lipinski definition) is 2. The number of ketones is 1. The maximum absolute atomic E-state index is 12.9. The van der Waals surface area contributed by atoms with E-state index in [1.807, 2.05) is 26.0 Å². The molecule has 5 heteroatoms. The number of phenols is 2. The SMILES string of the molecule is CC(=O)c1ccc2c(c1)CN(C(=O)c1cc(C(C)C)c(O)cc1O)C2. The van der Waals surface area contributed by atoms with Crippen LogP contribution in [0.1, 0.15) is 64.1 Å². The lowest BCUT2D eigenvalue weighted by molar-refractivity contribution is 0.0748. The minimum absolute atomic E-state index is 0.00895. The molecule has 0 saturated heterocycles. The molecule has 3 rings (SSSR count). The van der Waals surface area contributed by atoms with E-state index in [4.69, 9.17) is 0 Å². The Bertz CT molecular complexity index is 870. The molecule has 0 aromatic heterocycles. The molecule has 5 nitrogen and oxygen atoms in total. The molecule has 0 unspecified atom stereocenters. The van der Waals surface area contributed by atoms with Gasteiger partial charge in [-0.2, -0.15) is 0 Å². The van der Waals surface area contributed by atoms with Gasteiger partial charge in [-0.05, 0) is 41.7 Å². The number of benzene rings is 2. The number of nitrogens with zero attached hydrogens (tertiary/aromatic N) is 1. The van der Waals surface area contributed by atoms with E-state index in [1.165, 1.54) is 13.0 Å². The van der Waals surface area contributed by atoms with Gasteiger partial charge in [0.1, 0.15) is 11.5 Å². The lowest BCUT2D eigenvalue weighted by Gasteiger charge is -2.18. The van der Waals surface area contributed by atoms with E-state index >= 15 is 0 Å². The first-order valence-electron chi connectivity index (χ1n) is 8.25. The van der Waals surface area contributed by atoms with Gasteiger partial charge >= 0.3 is 0 Å². The Morgan fingerprint density at radius 3 is 2.32 bits per heavy atom. The molecule has 0 fully saturated rings. The lowest BCUT2D eigenvalue weighted by Crippen LogP contribution is -2.25. The molecule has 0 radical (unpaired) electrons. The van der Waals surface area contributed by atoms with Crippen molar-refractivity contribution in [3.05, 3.63) is 58.1 Å². The van der Waals surface area contributed by atoms with Crippen LogP contribution in [-0.4, -0.2) is 26.8 Å². The highest BCUT2D eigenvalue weighted by molar-refractivity contribution is 5.98. The minimum atomic E-state index is -0.292. The molecule has 1 heterocycles. The Labute approximate surface area is 146 Å². The predicted molar refractivity (Wildman–Crippen MR) is 93.9 cm³/mol. The van der Waals surface area contributed by atoms with Gasteiger partial charge in [0.2, 0.25) is 0 Å². The second kappa shape index (κ2) is 6.24. The largest absolute Gasteiger partial charge is 0.508 e. The first-order valence-corrected chi connectivity index (χ1v) is 8.25. The highest BCUT2D eigenvalue weighted by atomic mass is 16.3. The summed E-state index contributed by atoms with van der Waals surface area (Å²) in [5.41, 5.74) is 3.38. The van der Waals surface area contributed by atoms with Crippen molar-refractivity contribution in [2.24, 2.45) is 0 Å². The van der Waals surface area contributed by atoms with E-state index in [0.717, 1.165) is 11.1 Å². The van der Waals surface area contributed by atoms with Crippen LogP contribution in [-0.2, 0) is 13.1 Å². The van der Waals surface area contributed by atoms with E-state index in [2.05, 4.69) is 0 Å². The van der Waals surface area contributed by atoms with Gasteiger partial charge in [-0.15, -0.1) is 0 Å². The molecule has 130 valence electrons. The Balaban J connectivity index is 1.90. The third-order valence-corrected chi connectivity index (χ3v) is 4.62. The standard InChI is InChI=1S/C20H21NO4/c1-11(2)16-7-17(19(24)8-18(16)23)20(25)21-9-14-5-4-13(12(3)22)6-15(14)10-21/h4-8,11,23-24H,9-10H2,1-3H3. The molecule has 0 atom stereocenters. The summed E-state index contributed by atoms with van der Waals surface area (Å²) in [4.78, 5) is 26.0. The molecule has 1 aliphatic rings. The Morgan fingerprint density at radius 1 is 1.00 bits per heavy atom. The van der Waals surface area contributed by atoms with Crippen LogP contribution in [0.4, 0.5) is 0 Å². The first kappa shape index (κ1) is 17.0. The number of amides is 1. The summed E-state index contributed by atoms with van der Waals surface area (Å²) in [6, 6.07) is 8.24. The second-order valence-electron chi connectivity index (χ2n) is 6.78. The highest BCUT2D eigenvalue weighted by Crippen LogP contribution is 2.34. The highest BCUT2D eigenvalue weighted by Gasteiger charge is 2.27. The number of carbonyl (C=O) groups excluding carboxylic acids is 2. The fourth-order valence-electron chi connectivity index (χ4n) is 3.16. The summed E-state index contributed by atoms with van der Waals surface area (Å²) < 4.78 is 0. The quantitative estimate of drug-likeness (QED) is 0.838. The zero-order chi connectivity index (χ0) is 18.3. The number of phenolic OH excluding ortho intramolecular Hbond substituents is 2. The molecular weight excluding hydrogens is 318 g/mol. The summed E-state index contributed by atoms with van der Waals surface area (Å²) in [7, 11) is 0. The van der Waals surface area contributed by atoms with E-state index in [9.17, 15) is 19.8 Å². The van der Waals surface area contributed by atoms with Crippen LogP contribution in [0, 0.1) is 0 Å². The van der Waals surface area contributed by atoms with E-state index in [1.54, 1.807) is 17.0 Å². The molecule has 0 spiro atoms. The fraction of sp³-hybridized carbons (Fsp3) is 0.300.